The van der Waals surface area contributed by atoms with Crippen LogP contribution < -0.4 is 4.90 Å². The smallest absolute Gasteiger partial charge is 0.0467 e. The van der Waals surface area contributed by atoms with Gasteiger partial charge in [-0.2, -0.15) is 0 Å². The Hall–Kier alpha value is -6.96. The largest absolute Gasteiger partial charge is 0.310 e. The normalized spacial score (nSPS) is 11.0. The highest BCUT2D eigenvalue weighted by atomic mass is 15.1. The number of anilines is 3. The third-order valence-corrected chi connectivity index (χ3v) is 10.1. The van der Waals surface area contributed by atoms with E-state index in [1.165, 1.54) is 66.4 Å². The number of rotatable bonds is 8. The zero-order chi connectivity index (χ0) is 35.4. The predicted molar refractivity (Wildman–Crippen MR) is 226 cm³/mol. The Balaban J connectivity index is 1.15. The Bertz CT molecular complexity index is 2650. The van der Waals surface area contributed by atoms with E-state index in [0.29, 0.717) is 0 Å². The summed E-state index contributed by atoms with van der Waals surface area (Å²) in [5.41, 5.74) is 15.3. The molecule has 53 heavy (non-hydrogen) atoms. The molecule has 0 saturated heterocycles. The van der Waals surface area contributed by atoms with Crippen LogP contribution in [-0.4, -0.2) is 0 Å². The molecule has 9 rings (SSSR count). The van der Waals surface area contributed by atoms with Gasteiger partial charge in [-0.05, 0) is 109 Å². The molecule has 0 aliphatic rings. The van der Waals surface area contributed by atoms with Gasteiger partial charge in [0.1, 0.15) is 0 Å². The van der Waals surface area contributed by atoms with Crippen molar-refractivity contribution < 1.29 is 0 Å². The number of nitrogens with zero attached hydrogens (tertiary/aromatic N) is 1. The van der Waals surface area contributed by atoms with Crippen molar-refractivity contribution in [2.75, 3.05) is 4.90 Å². The minimum Gasteiger partial charge on any atom is -0.310 e. The van der Waals surface area contributed by atoms with Gasteiger partial charge in [-0.15, -0.1) is 0 Å². The highest BCUT2D eigenvalue weighted by Crippen LogP contribution is 2.41. The Morgan fingerprint density at radius 1 is 0.226 bits per heavy atom. The first-order valence-electron chi connectivity index (χ1n) is 18.2. The number of benzene rings is 9. The summed E-state index contributed by atoms with van der Waals surface area (Å²) in [5.74, 6) is 0. The van der Waals surface area contributed by atoms with Crippen LogP contribution >= 0.6 is 0 Å². The molecule has 9 aromatic rings. The molecule has 1 heteroatoms. The molecule has 0 saturated carbocycles. The van der Waals surface area contributed by atoms with Crippen LogP contribution in [0.5, 0.6) is 0 Å². The minimum absolute atomic E-state index is 1.10. The Morgan fingerprint density at radius 2 is 0.660 bits per heavy atom. The topological polar surface area (TPSA) is 3.24 Å². The summed E-state index contributed by atoms with van der Waals surface area (Å²) in [4.78, 5) is 2.38. The fourth-order valence-corrected chi connectivity index (χ4v) is 7.47. The molecule has 0 aromatic heterocycles. The summed E-state index contributed by atoms with van der Waals surface area (Å²) in [6.45, 7) is 0. The van der Waals surface area contributed by atoms with Crippen LogP contribution in [0.4, 0.5) is 17.1 Å². The summed E-state index contributed by atoms with van der Waals surface area (Å²) in [7, 11) is 0. The number of hydrogen-bond acceptors (Lipinski definition) is 1. The Morgan fingerprint density at radius 3 is 1.38 bits per heavy atom. The number of hydrogen-bond donors (Lipinski definition) is 0. The van der Waals surface area contributed by atoms with E-state index >= 15 is 0 Å². The molecule has 9 aromatic carbocycles. The minimum atomic E-state index is 1.10. The van der Waals surface area contributed by atoms with Crippen LogP contribution in [0.25, 0.3) is 66.4 Å². The van der Waals surface area contributed by atoms with E-state index in [2.05, 4.69) is 229 Å². The molecular formula is C52H37N. The predicted octanol–water partition coefficient (Wildman–Crippen LogP) is 14.6. The van der Waals surface area contributed by atoms with Crippen LogP contribution in [0.2, 0.25) is 0 Å². The van der Waals surface area contributed by atoms with Crippen molar-refractivity contribution in [2.24, 2.45) is 0 Å². The fourth-order valence-electron chi connectivity index (χ4n) is 7.47. The van der Waals surface area contributed by atoms with E-state index in [1.54, 1.807) is 0 Å². The summed E-state index contributed by atoms with van der Waals surface area (Å²) >= 11 is 0. The summed E-state index contributed by atoms with van der Waals surface area (Å²) in [6, 6.07) is 80.8. The van der Waals surface area contributed by atoms with Crippen LogP contribution in [0.15, 0.2) is 224 Å². The summed E-state index contributed by atoms with van der Waals surface area (Å²) in [6.07, 6.45) is 0. The van der Waals surface area contributed by atoms with Crippen molar-refractivity contribution in [3.05, 3.63) is 224 Å². The van der Waals surface area contributed by atoms with Gasteiger partial charge in [0, 0.05) is 17.1 Å². The molecule has 0 spiro atoms. The van der Waals surface area contributed by atoms with E-state index in [1.807, 2.05) is 0 Å². The zero-order valence-electron chi connectivity index (χ0n) is 29.3. The van der Waals surface area contributed by atoms with Crippen molar-refractivity contribution in [1.82, 2.24) is 0 Å². The molecule has 0 heterocycles. The van der Waals surface area contributed by atoms with Gasteiger partial charge in [-0.1, -0.05) is 182 Å². The van der Waals surface area contributed by atoms with E-state index < -0.39 is 0 Å². The lowest BCUT2D eigenvalue weighted by Crippen LogP contribution is -2.10. The average molecular weight is 676 g/mol. The van der Waals surface area contributed by atoms with Crippen LogP contribution in [0, 0.1) is 0 Å². The lowest BCUT2D eigenvalue weighted by atomic mass is 9.94. The summed E-state index contributed by atoms with van der Waals surface area (Å²) < 4.78 is 0. The van der Waals surface area contributed by atoms with Gasteiger partial charge in [0.15, 0.2) is 0 Å². The fraction of sp³-hybridized carbons (Fsp3) is 0. The van der Waals surface area contributed by atoms with Gasteiger partial charge < -0.3 is 4.90 Å². The maximum absolute atomic E-state index is 2.38. The molecule has 0 amide bonds. The summed E-state index contributed by atoms with van der Waals surface area (Å²) in [5, 5.41) is 2.51. The van der Waals surface area contributed by atoms with E-state index in [-0.39, 0.29) is 0 Å². The number of fused-ring (bicyclic) bond motifs is 1. The molecule has 0 N–H and O–H groups in total. The molecule has 0 aliphatic carbocycles. The second kappa shape index (κ2) is 14.3. The molecule has 1 nitrogen and oxygen atoms in total. The maximum atomic E-state index is 2.38. The molecule has 0 aliphatic heterocycles. The van der Waals surface area contributed by atoms with Crippen LogP contribution in [0.1, 0.15) is 0 Å². The highest BCUT2D eigenvalue weighted by molar-refractivity contribution is 5.97. The molecule has 250 valence electrons. The second-order valence-corrected chi connectivity index (χ2v) is 13.4. The first kappa shape index (κ1) is 32.0. The molecule has 0 unspecified atom stereocenters. The highest BCUT2D eigenvalue weighted by Gasteiger charge is 2.16. The van der Waals surface area contributed by atoms with Crippen molar-refractivity contribution in [1.29, 1.82) is 0 Å². The quantitative estimate of drug-likeness (QED) is 0.155. The zero-order valence-corrected chi connectivity index (χ0v) is 29.3. The van der Waals surface area contributed by atoms with E-state index in [0.717, 1.165) is 17.1 Å². The van der Waals surface area contributed by atoms with Gasteiger partial charge >= 0.3 is 0 Å². The molecule has 0 fully saturated rings. The third kappa shape index (κ3) is 6.53. The van der Waals surface area contributed by atoms with Crippen molar-refractivity contribution in [2.45, 2.75) is 0 Å². The molecule has 0 bridgehead atoms. The van der Waals surface area contributed by atoms with Gasteiger partial charge in [-0.3, -0.25) is 0 Å². The molecule has 0 atom stereocenters. The SMILES string of the molecule is c1ccc(-c2ccc(N(c3cccc(-c4cccc(-c5cccc6ccccc56)c4)c3)c3cccc(-c4ccccc4-c4ccccc4)c3)cc2)cc1. The van der Waals surface area contributed by atoms with Crippen LogP contribution in [-0.2, 0) is 0 Å². The van der Waals surface area contributed by atoms with Gasteiger partial charge in [0.2, 0.25) is 0 Å². The van der Waals surface area contributed by atoms with E-state index in [4.69, 9.17) is 0 Å². The molecular weight excluding hydrogens is 639 g/mol. The first-order chi connectivity index (χ1) is 26.3. The lowest BCUT2D eigenvalue weighted by molar-refractivity contribution is 1.28. The maximum Gasteiger partial charge on any atom is 0.0467 e. The van der Waals surface area contributed by atoms with Gasteiger partial charge in [0.05, 0.1) is 0 Å². The first-order valence-corrected chi connectivity index (χ1v) is 18.2. The van der Waals surface area contributed by atoms with E-state index in [9.17, 15) is 0 Å². The van der Waals surface area contributed by atoms with Crippen molar-refractivity contribution in [3.63, 3.8) is 0 Å². The second-order valence-electron chi connectivity index (χ2n) is 13.4. The average Bonchev–Trinajstić information content (AvgIpc) is 3.25. The Kier molecular flexibility index (Phi) is 8.66. The van der Waals surface area contributed by atoms with Crippen molar-refractivity contribution in [3.8, 4) is 55.6 Å². The van der Waals surface area contributed by atoms with Crippen molar-refractivity contribution >= 4 is 27.8 Å². The third-order valence-electron chi connectivity index (χ3n) is 10.1. The standard InChI is InChI=1S/C52H37N/c1-3-15-38(16-4-1)39-31-33-46(34-32-39)53(48-26-13-24-45(37-48)51-29-10-9-28-49(51)40-17-5-2-6-18-40)47-25-12-22-43(36-47)42-21-11-23-44(35-42)52-30-14-20-41-19-7-8-27-50(41)52/h1-37H. The Labute approximate surface area is 311 Å². The van der Waals surface area contributed by atoms with Gasteiger partial charge in [0.25, 0.3) is 0 Å². The monoisotopic (exact) mass is 675 g/mol. The van der Waals surface area contributed by atoms with Gasteiger partial charge in [-0.25, -0.2) is 0 Å². The van der Waals surface area contributed by atoms with Crippen LogP contribution in [0.3, 0.4) is 0 Å². The molecule has 0 radical (unpaired) electrons. The lowest BCUT2D eigenvalue weighted by Gasteiger charge is -2.27.